The normalized spacial score (nSPS) is 23.5. The molecular formula is C25H23ClN2O2. The number of halogens is 1. The zero-order valence-corrected chi connectivity index (χ0v) is 17.8. The minimum absolute atomic E-state index is 0.0593. The standard InChI is InChI=1S/C25H23ClN2O2/c1-3-30-23-7-5-4-6-19(23)24-20(14-27)15(2)28-21-12-17(13-22(29)25(21)24)16-8-10-18(26)11-9-16/h4-11,17,20,24H,3,12-13H2,1-2H3/t17-,20?,24-/m1/s1. The second-order valence-electron chi connectivity index (χ2n) is 7.75. The molecule has 152 valence electrons. The molecule has 4 nitrogen and oxygen atoms in total. The van der Waals surface area contributed by atoms with Gasteiger partial charge in [-0.05, 0) is 49.9 Å². The molecule has 30 heavy (non-hydrogen) atoms. The minimum Gasteiger partial charge on any atom is -0.494 e. The number of ether oxygens (including phenoxy) is 1. The van der Waals surface area contributed by atoms with Crippen LogP contribution in [0.2, 0.25) is 5.02 Å². The van der Waals surface area contributed by atoms with Gasteiger partial charge in [0.25, 0.3) is 0 Å². The van der Waals surface area contributed by atoms with Crippen LogP contribution in [0.5, 0.6) is 5.75 Å². The molecule has 3 atom stereocenters. The Hall–Kier alpha value is -2.90. The summed E-state index contributed by atoms with van der Waals surface area (Å²) >= 11 is 6.03. The van der Waals surface area contributed by atoms with Crippen molar-refractivity contribution >= 4 is 23.1 Å². The maximum absolute atomic E-state index is 13.4. The quantitative estimate of drug-likeness (QED) is 0.626. The maximum atomic E-state index is 13.4. The smallest absolute Gasteiger partial charge is 0.161 e. The summed E-state index contributed by atoms with van der Waals surface area (Å²) in [6, 6.07) is 17.8. The second kappa shape index (κ2) is 8.45. The van der Waals surface area contributed by atoms with Gasteiger partial charge in [-0.15, -0.1) is 0 Å². The summed E-state index contributed by atoms with van der Waals surface area (Å²) in [7, 11) is 0. The molecule has 1 heterocycles. The van der Waals surface area contributed by atoms with E-state index in [9.17, 15) is 10.1 Å². The Morgan fingerprint density at radius 1 is 1.17 bits per heavy atom. The molecule has 0 amide bonds. The van der Waals surface area contributed by atoms with E-state index in [2.05, 4.69) is 6.07 Å². The number of ketones is 1. The molecule has 0 bridgehead atoms. The summed E-state index contributed by atoms with van der Waals surface area (Å²) in [6.45, 7) is 4.33. The Morgan fingerprint density at radius 3 is 2.60 bits per heavy atom. The van der Waals surface area contributed by atoms with E-state index in [0.717, 1.165) is 28.3 Å². The van der Waals surface area contributed by atoms with Crippen LogP contribution in [-0.4, -0.2) is 18.1 Å². The lowest BCUT2D eigenvalue weighted by molar-refractivity contribution is -0.116. The van der Waals surface area contributed by atoms with Gasteiger partial charge in [0.1, 0.15) is 5.75 Å². The summed E-state index contributed by atoms with van der Waals surface area (Å²) in [6.07, 6.45) is 1.08. The highest BCUT2D eigenvalue weighted by Crippen LogP contribution is 2.48. The lowest BCUT2D eigenvalue weighted by Gasteiger charge is -2.35. The predicted octanol–water partition coefficient (Wildman–Crippen LogP) is 5.84. The van der Waals surface area contributed by atoms with Gasteiger partial charge in [-0.2, -0.15) is 5.26 Å². The fourth-order valence-electron chi connectivity index (χ4n) is 4.56. The molecule has 1 aliphatic heterocycles. The molecule has 5 heteroatoms. The number of nitrogens with zero attached hydrogens (tertiary/aromatic N) is 2. The number of nitriles is 1. The average Bonchev–Trinajstić information content (AvgIpc) is 2.74. The Morgan fingerprint density at radius 2 is 1.90 bits per heavy atom. The number of benzene rings is 2. The van der Waals surface area contributed by atoms with Gasteiger partial charge in [-0.3, -0.25) is 9.79 Å². The maximum Gasteiger partial charge on any atom is 0.161 e. The molecular weight excluding hydrogens is 396 g/mol. The highest BCUT2D eigenvalue weighted by atomic mass is 35.5. The summed E-state index contributed by atoms with van der Waals surface area (Å²) < 4.78 is 5.84. The third-order valence-electron chi connectivity index (χ3n) is 5.92. The fraction of sp³-hybridized carbons (Fsp3) is 0.320. The van der Waals surface area contributed by atoms with E-state index in [1.54, 1.807) is 0 Å². The number of allylic oxidation sites excluding steroid dienone is 2. The summed E-state index contributed by atoms with van der Waals surface area (Å²) in [4.78, 5) is 18.1. The Balaban J connectivity index is 1.80. The van der Waals surface area contributed by atoms with Crippen LogP contribution in [0.4, 0.5) is 0 Å². The van der Waals surface area contributed by atoms with Crippen LogP contribution in [-0.2, 0) is 4.79 Å². The molecule has 2 aromatic rings. The fourth-order valence-corrected chi connectivity index (χ4v) is 4.68. The molecule has 1 unspecified atom stereocenters. The first-order chi connectivity index (χ1) is 14.5. The van der Waals surface area contributed by atoms with E-state index in [1.807, 2.05) is 62.4 Å². The van der Waals surface area contributed by atoms with Gasteiger partial charge in [0.2, 0.25) is 0 Å². The molecule has 2 aliphatic rings. The van der Waals surface area contributed by atoms with Crippen molar-refractivity contribution in [3.8, 4) is 11.8 Å². The first-order valence-corrected chi connectivity index (χ1v) is 10.6. The van der Waals surface area contributed by atoms with Crippen molar-refractivity contribution in [2.24, 2.45) is 10.9 Å². The van der Waals surface area contributed by atoms with Crippen molar-refractivity contribution < 1.29 is 9.53 Å². The SMILES string of the molecule is CCOc1ccccc1[C@H]1C2=C(C[C@@H](c3ccc(Cl)cc3)CC2=O)N=C(C)C1C#N. The lowest BCUT2D eigenvalue weighted by atomic mass is 9.69. The number of para-hydroxylation sites is 1. The van der Waals surface area contributed by atoms with Crippen LogP contribution in [0.25, 0.3) is 0 Å². The van der Waals surface area contributed by atoms with Crippen molar-refractivity contribution in [1.29, 1.82) is 5.26 Å². The number of carbonyl (C=O) groups is 1. The first kappa shape index (κ1) is 20.4. The largest absolute Gasteiger partial charge is 0.494 e. The van der Waals surface area contributed by atoms with Gasteiger partial charge in [0.05, 0.1) is 18.6 Å². The number of rotatable bonds is 4. The highest BCUT2D eigenvalue weighted by molar-refractivity contribution is 6.30. The van der Waals surface area contributed by atoms with E-state index in [1.165, 1.54) is 0 Å². The number of Topliss-reactive ketones (excluding diaryl/α,β-unsaturated/α-hetero) is 1. The molecule has 0 radical (unpaired) electrons. The van der Waals surface area contributed by atoms with Crippen LogP contribution >= 0.6 is 11.6 Å². The van der Waals surface area contributed by atoms with Gasteiger partial charge >= 0.3 is 0 Å². The van der Waals surface area contributed by atoms with Crippen molar-refractivity contribution in [3.63, 3.8) is 0 Å². The van der Waals surface area contributed by atoms with E-state index in [0.29, 0.717) is 30.0 Å². The van der Waals surface area contributed by atoms with Crippen molar-refractivity contribution in [1.82, 2.24) is 0 Å². The van der Waals surface area contributed by atoms with Crippen molar-refractivity contribution in [2.45, 2.75) is 38.5 Å². The Labute approximate surface area is 181 Å². The van der Waals surface area contributed by atoms with Gasteiger partial charge in [0, 0.05) is 39.9 Å². The molecule has 0 N–H and O–H groups in total. The third kappa shape index (κ3) is 3.66. The zero-order chi connectivity index (χ0) is 21.3. The predicted molar refractivity (Wildman–Crippen MR) is 118 cm³/mol. The number of carbonyl (C=O) groups excluding carboxylic acids is 1. The monoisotopic (exact) mass is 418 g/mol. The summed E-state index contributed by atoms with van der Waals surface area (Å²) in [5, 5.41) is 10.6. The van der Waals surface area contributed by atoms with Crippen molar-refractivity contribution in [3.05, 3.63) is 76.0 Å². The molecule has 4 rings (SSSR count). The van der Waals surface area contributed by atoms with Crippen molar-refractivity contribution in [2.75, 3.05) is 6.61 Å². The van der Waals surface area contributed by atoms with E-state index in [4.69, 9.17) is 21.3 Å². The average molecular weight is 419 g/mol. The lowest BCUT2D eigenvalue weighted by Crippen LogP contribution is -2.32. The van der Waals surface area contributed by atoms with Gasteiger partial charge in [0.15, 0.2) is 5.78 Å². The molecule has 1 aliphatic carbocycles. The van der Waals surface area contributed by atoms with Crippen LogP contribution in [0.3, 0.4) is 0 Å². The first-order valence-electron chi connectivity index (χ1n) is 10.2. The molecule has 2 aromatic carbocycles. The molecule has 0 fully saturated rings. The minimum atomic E-state index is -0.485. The number of hydrogen-bond donors (Lipinski definition) is 0. The zero-order valence-electron chi connectivity index (χ0n) is 17.1. The van der Waals surface area contributed by atoms with E-state index in [-0.39, 0.29) is 17.6 Å². The van der Waals surface area contributed by atoms with Crippen LogP contribution in [0.15, 0.2) is 64.8 Å². The molecule has 0 saturated heterocycles. The van der Waals surface area contributed by atoms with Gasteiger partial charge in [-0.1, -0.05) is 41.9 Å². The second-order valence-corrected chi connectivity index (χ2v) is 8.19. The molecule has 0 aromatic heterocycles. The Kier molecular flexibility index (Phi) is 5.74. The molecule has 0 saturated carbocycles. The van der Waals surface area contributed by atoms with E-state index >= 15 is 0 Å². The highest BCUT2D eigenvalue weighted by Gasteiger charge is 2.42. The van der Waals surface area contributed by atoms with Gasteiger partial charge in [-0.25, -0.2) is 0 Å². The summed E-state index contributed by atoms with van der Waals surface area (Å²) in [5.74, 6) is 0.000204. The Bertz CT molecular complexity index is 1080. The van der Waals surface area contributed by atoms with Crippen LogP contribution in [0.1, 0.15) is 49.7 Å². The van der Waals surface area contributed by atoms with Crippen LogP contribution < -0.4 is 4.74 Å². The molecule has 0 spiro atoms. The van der Waals surface area contributed by atoms with E-state index < -0.39 is 5.92 Å². The van der Waals surface area contributed by atoms with Crippen LogP contribution in [0, 0.1) is 17.2 Å². The van der Waals surface area contributed by atoms with Gasteiger partial charge < -0.3 is 4.74 Å². The third-order valence-corrected chi connectivity index (χ3v) is 6.17. The topological polar surface area (TPSA) is 62.4 Å². The number of aliphatic imine (C=N–C) groups is 1. The summed E-state index contributed by atoms with van der Waals surface area (Å²) in [5.41, 5.74) is 4.18. The number of hydrogen-bond acceptors (Lipinski definition) is 4.